The lowest BCUT2D eigenvalue weighted by molar-refractivity contribution is 0.673. The molecule has 1 N–H and O–H groups in total. The summed E-state index contributed by atoms with van der Waals surface area (Å²) in [5.41, 5.74) is 8.21. The second-order valence-corrected chi connectivity index (χ2v) is 9.82. The lowest BCUT2D eigenvalue weighted by Gasteiger charge is -2.14. The fraction of sp³-hybridized carbons (Fsp3) is 0.323. The van der Waals surface area contributed by atoms with Crippen LogP contribution < -0.4 is 5.69 Å². The number of benzene rings is 2. The van der Waals surface area contributed by atoms with E-state index in [-0.39, 0.29) is 5.69 Å². The van der Waals surface area contributed by atoms with Crippen LogP contribution in [0.1, 0.15) is 62.4 Å². The van der Waals surface area contributed by atoms with E-state index >= 15 is 0 Å². The highest BCUT2D eigenvalue weighted by molar-refractivity contribution is 5.76. The van der Waals surface area contributed by atoms with Gasteiger partial charge in [0.25, 0.3) is 0 Å². The van der Waals surface area contributed by atoms with Crippen molar-refractivity contribution in [3.8, 4) is 28.3 Å². The highest BCUT2D eigenvalue weighted by atomic mass is 16.1. The number of hydrogen-bond acceptors (Lipinski definition) is 5. The van der Waals surface area contributed by atoms with E-state index in [0.29, 0.717) is 12.4 Å². The van der Waals surface area contributed by atoms with Gasteiger partial charge in [-0.25, -0.2) is 4.79 Å². The molecule has 0 amide bonds. The first-order valence-electron chi connectivity index (χ1n) is 13.8. The molecule has 3 heterocycles. The Bertz CT molecular complexity index is 1580. The molecule has 0 radical (unpaired) electrons. The molecule has 0 spiro atoms. The Morgan fingerprint density at radius 3 is 2.44 bits per heavy atom. The molecule has 0 saturated heterocycles. The molecular formula is C31H35N7O. The zero-order valence-corrected chi connectivity index (χ0v) is 22.9. The zero-order chi connectivity index (χ0) is 27.2. The lowest BCUT2D eigenvalue weighted by atomic mass is 10.0. The Morgan fingerprint density at radius 2 is 1.72 bits per heavy atom. The van der Waals surface area contributed by atoms with Gasteiger partial charge in [0.15, 0.2) is 0 Å². The molecule has 0 aliphatic carbocycles. The van der Waals surface area contributed by atoms with Crippen LogP contribution in [0.25, 0.3) is 28.3 Å². The Balaban J connectivity index is 1.51. The summed E-state index contributed by atoms with van der Waals surface area (Å²) in [5, 5.41) is 14.4. The molecule has 5 rings (SSSR count). The molecule has 39 heavy (non-hydrogen) atoms. The van der Waals surface area contributed by atoms with Crippen molar-refractivity contribution in [1.29, 1.82) is 0 Å². The number of aromatic amines is 1. The van der Waals surface area contributed by atoms with E-state index in [0.717, 1.165) is 72.3 Å². The Labute approximate surface area is 228 Å². The zero-order valence-electron chi connectivity index (χ0n) is 22.9. The van der Waals surface area contributed by atoms with E-state index in [9.17, 15) is 4.79 Å². The highest BCUT2D eigenvalue weighted by Gasteiger charge is 2.18. The average molecular weight is 522 g/mol. The van der Waals surface area contributed by atoms with E-state index in [1.165, 1.54) is 11.1 Å². The normalized spacial score (nSPS) is 11.3. The summed E-state index contributed by atoms with van der Waals surface area (Å²) in [6.45, 7) is 7.04. The van der Waals surface area contributed by atoms with Gasteiger partial charge in [0, 0.05) is 29.2 Å². The van der Waals surface area contributed by atoms with Crippen LogP contribution in [0.4, 0.5) is 0 Å². The third kappa shape index (κ3) is 5.46. The van der Waals surface area contributed by atoms with Gasteiger partial charge in [0.1, 0.15) is 0 Å². The van der Waals surface area contributed by atoms with E-state index in [4.69, 9.17) is 0 Å². The van der Waals surface area contributed by atoms with Gasteiger partial charge in [-0.1, -0.05) is 76.1 Å². The molecule has 0 unspecified atom stereocenters. The maximum absolute atomic E-state index is 13.9. The number of pyridine rings is 1. The van der Waals surface area contributed by atoms with E-state index in [1.54, 1.807) is 6.20 Å². The Morgan fingerprint density at radius 1 is 0.897 bits per heavy atom. The number of hydrogen-bond donors (Lipinski definition) is 1. The molecule has 8 heteroatoms. The van der Waals surface area contributed by atoms with Crippen LogP contribution in [0.3, 0.4) is 0 Å². The smallest absolute Gasteiger partial charge is 0.292 e. The molecule has 8 nitrogen and oxygen atoms in total. The summed E-state index contributed by atoms with van der Waals surface area (Å²) >= 11 is 0. The average Bonchev–Trinajstić information content (AvgIpc) is 3.61. The van der Waals surface area contributed by atoms with Crippen LogP contribution in [0, 0.1) is 0 Å². The number of nitrogens with one attached hydrogen (secondary N) is 1. The van der Waals surface area contributed by atoms with Crippen LogP contribution in [0.2, 0.25) is 0 Å². The predicted octanol–water partition coefficient (Wildman–Crippen LogP) is 5.79. The number of para-hydroxylation sites is 1. The van der Waals surface area contributed by atoms with Crippen molar-refractivity contribution >= 4 is 0 Å². The van der Waals surface area contributed by atoms with Crippen LogP contribution in [0.5, 0.6) is 0 Å². The first-order valence-corrected chi connectivity index (χ1v) is 13.8. The molecule has 5 aromatic rings. The molecule has 0 aliphatic heterocycles. The fourth-order valence-electron chi connectivity index (χ4n) is 5.17. The fourth-order valence-corrected chi connectivity index (χ4v) is 5.17. The number of rotatable bonds is 11. The molecule has 0 fully saturated rings. The van der Waals surface area contributed by atoms with Crippen LogP contribution in [-0.2, 0) is 25.8 Å². The van der Waals surface area contributed by atoms with Crippen molar-refractivity contribution in [2.24, 2.45) is 0 Å². The predicted molar refractivity (Wildman–Crippen MR) is 154 cm³/mol. The van der Waals surface area contributed by atoms with Gasteiger partial charge < -0.3 is 0 Å². The number of aryl methyl sites for hydroxylation is 3. The van der Waals surface area contributed by atoms with Gasteiger partial charge in [-0.3, -0.25) is 14.1 Å². The van der Waals surface area contributed by atoms with Gasteiger partial charge in [-0.05, 0) is 59.7 Å². The first-order chi connectivity index (χ1) is 19.1. The van der Waals surface area contributed by atoms with E-state index in [2.05, 4.69) is 82.9 Å². The monoisotopic (exact) mass is 521 g/mol. The third-order valence-corrected chi connectivity index (χ3v) is 7.15. The number of H-pyrrole nitrogens is 1. The first kappa shape index (κ1) is 26.3. The molecular weight excluding hydrogens is 486 g/mol. The van der Waals surface area contributed by atoms with E-state index in [1.807, 2.05) is 33.4 Å². The molecule has 0 saturated carbocycles. The van der Waals surface area contributed by atoms with Gasteiger partial charge in [0.05, 0.1) is 17.9 Å². The van der Waals surface area contributed by atoms with Crippen molar-refractivity contribution in [1.82, 2.24) is 34.7 Å². The maximum Gasteiger partial charge on any atom is 0.333 e. The molecule has 0 atom stereocenters. The van der Waals surface area contributed by atoms with Crippen molar-refractivity contribution in [2.75, 3.05) is 0 Å². The lowest BCUT2D eigenvalue weighted by Crippen LogP contribution is -2.26. The SMILES string of the molecule is CCCCc1cn(-c2c(CC)cccc2CCC)c(=O)n1Cc1ccc(-c2ncccc2-c2nn[nH]n2)cc1. The van der Waals surface area contributed by atoms with Gasteiger partial charge in [0.2, 0.25) is 5.82 Å². The van der Waals surface area contributed by atoms with Crippen LogP contribution in [-0.4, -0.2) is 34.7 Å². The van der Waals surface area contributed by atoms with Crippen molar-refractivity contribution in [2.45, 2.75) is 65.8 Å². The number of tetrazole rings is 1. The van der Waals surface area contributed by atoms with Crippen molar-refractivity contribution in [3.05, 3.63) is 99.9 Å². The van der Waals surface area contributed by atoms with E-state index < -0.39 is 0 Å². The number of nitrogens with zero attached hydrogens (tertiary/aromatic N) is 6. The maximum atomic E-state index is 13.9. The topological polar surface area (TPSA) is 94.3 Å². The Kier molecular flexibility index (Phi) is 8.10. The summed E-state index contributed by atoms with van der Waals surface area (Å²) < 4.78 is 3.84. The largest absolute Gasteiger partial charge is 0.333 e. The van der Waals surface area contributed by atoms with Crippen LogP contribution in [0.15, 0.2) is 71.8 Å². The second kappa shape index (κ2) is 12.0. The van der Waals surface area contributed by atoms with Crippen molar-refractivity contribution in [3.63, 3.8) is 0 Å². The summed E-state index contributed by atoms with van der Waals surface area (Å²) in [6, 6.07) is 18.4. The summed E-state index contributed by atoms with van der Waals surface area (Å²) in [5.74, 6) is 0.505. The summed E-state index contributed by atoms with van der Waals surface area (Å²) in [4.78, 5) is 18.5. The minimum atomic E-state index is 0.0209. The van der Waals surface area contributed by atoms with Gasteiger partial charge in [-0.15, -0.1) is 10.2 Å². The third-order valence-electron chi connectivity index (χ3n) is 7.15. The molecule has 2 aromatic carbocycles. The number of imidazole rings is 1. The summed E-state index contributed by atoms with van der Waals surface area (Å²) in [6.07, 6.45) is 9.69. The standard InChI is InChI=1S/C31H35N7O/c1-4-7-13-26-21-38(29-23(6-3)11-8-12-25(29)10-5-2)31(39)37(26)20-22-15-17-24(18-16-22)28-27(14-9-19-32-28)30-33-35-36-34-30/h8-9,11-12,14-19,21H,4-7,10,13,20H2,1-3H3,(H,33,34,35,36). The molecule has 3 aromatic heterocycles. The highest BCUT2D eigenvalue weighted by Crippen LogP contribution is 2.28. The molecule has 0 bridgehead atoms. The van der Waals surface area contributed by atoms with Gasteiger partial charge >= 0.3 is 5.69 Å². The summed E-state index contributed by atoms with van der Waals surface area (Å²) in [7, 11) is 0. The van der Waals surface area contributed by atoms with Gasteiger partial charge in [-0.2, -0.15) is 5.21 Å². The second-order valence-electron chi connectivity index (χ2n) is 9.82. The quantitative estimate of drug-likeness (QED) is 0.238. The Hall–Kier alpha value is -4.33. The minimum absolute atomic E-state index is 0.0209. The van der Waals surface area contributed by atoms with Crippen molar-refractivity contribution < 1.29 is 0 Å². The molecule has 0 aliphatic rings. The molecule has 200 valence electrons. The number of unbranched alkanes of at least 4 members (excludes halogenated alkanes) is 1. The number of aromatic nitrogens is 7. The minimum Gasteiger partial charge on any atom is -0.292 e. The van der Waals surface area contributed by atoms with Crippen LogP contribution >= 0.6 is 0 Å².